The summed E-state index contributed by atoms with van der Waals surface area (Å²) in [5, 5.41) is 9.60. The van der Waals surface area contributed by atoms with Crippen molar-refractivity contribution in [2.24, 2.45) is 0 Å². The molecule has 0 radical (unpaired) electrons. The molecule has 1 N–H and O–H groups in total. The SMILES string of the molecule is O=C(O)Cc1cccc(S(=O)(=O)N2CCN(Cc3ccc(Cl)cc3)CC2)c1. The van der Waals surface area contributed by atoms with E-state index in [1.165, 1.54) is 16.4 Å². The van der Waals surface area contributed by atoms with Gasteiger partial charge in [0.1, 0.15) is 0 Å². The maximum atomic E-state index is 12.9. The molecule has 8 heteroatoms. The Morgan fingerprint density at radius 1 is 1.00 bits per heavy atom. The molecule has 2 aromatic carbocycles. The Bertz CT molecular complexity index is 908. The summed E-state index contributed by atoms with van der Waals surface area (Å²) in [5.74, 6) is -0.986. The molecule has 2 aromatic rings. The first-order valence-electron chi connectivity index (χ1n) is 8.62. The monoisotopic (exact) mass is 408 g/mol. The Morgan fingerprint density at radius 3 is 2.30 bits per heavy atom. The maximum Gasteiger partial charge on any atom is 0.307 e. The van der Waals surface area contributed by atoms with Crippen LogP contribution in [0.3, 0.4) is 0 Å². The zero-order valence-electron chi connectivity index (χ0n) is 14.7. The number of halogens is 1. The van der Waals surface area contributed by atoms with E-state index in [2.05, 4.69) is 4.90 Å². The van der Waals surface area contributed by atoms with E-state index in [-0.39, 0.29) is 11.3 Å². The van der Waals surface area contributed by atoms with E-state index in [9.17, 15) is 13.2 Å². The number of piperazine rings is 1. The highest BCUT2D eigenvalue weighted by molar-refractivity contribution is 7.89. The van der Waals surface area contributed by atoms with E-state index in [0.29, 0.717) is 36.8 Å². The fourth-order valence-corrected chi connectivity index (χ4v) is 4.73. The molecule has 1 heterocycles. The normalized spacial score (nSPS) is 16.3. The predicted octanol–water partition coefficient (Wildman–Crippen LogP) is 2.47. The Morgan fingerprint density at radius 2 is 1.67 bits per heavy atom. The number of nitrogens with zero attached hydrogens (tertiary/aromatic N) is 2. The number of sulfonamides is 1. The van der Waals surface area contributed by atoms with Crippen molar-refractivity contribution in [2.45, 2.75) is 17.9 Å². The molecular weight excluding hydrogens is 388 g/mol. The van der Waals surface area contributed by atoms with E-state index >= 15 is 0 Å². The second kappa shape index (κ2) is 8.39. The summed E-state index contributed by atoms with van der Waals surface area (Å²) < 4.78 is 27.2. The van der Waals surface area contributed by atoms with Crippen molar-refractivity contribution < 1.29 is 18.3 Å². The van der Waals surface area contributed by atoms with Crippen molar-refractivity contribution in [2.75, 3.05) is 26.2 Å². The summed E-state index contributed by atoms with van der Waals surface area (Å²) in [6.07, 6.45) is -0.196. The maximum absolute atomic E-state index is 12.9. The zero-order valence-corrected chi connectivity index (χ0v) is 16.3. The summed E-state index contributed by atoms with van der Waals surface area (Å²) in [6.45, 7) is 2.82. The first-order chi connectivity index (χ1) is 12.8. The van der Waals surface area contributed by atoms with Gasteiger partial charge in [-0.05, 0) is 35.4 Å². The van der Waals surface area contributed by atoms with Crippen molar-refractivity contribution in [3.63, 3.8) is 0 Å². The van der Waals surface area contributed by atoms with Gasteiger partial charge in [0.05, 0.1) is 11.3 Å². The van der Waals surface area contributed by atoms with Gasteiger partial charge in [-0.15, -0.1) is 0 Å². The average Bonchev–Trinajstić information content (AvgIpc) is 2.64. The average molecular weight is 409 g/mol. The Labute approximate surface area is 164 Å². The van der Waals surface area contributed by atoms with E-state index in [1.807, 2.05) is 24.3 Å². The summed E-state index contributed by atoms with van der Waals surface area (Å²) in [6, 6.07) is 13.8. The minimum Gasteiger partial charge on any atom is -0.481 e. The molecule has 1 fully saturated rings. The molecular formula is C19H21ClN2O4S. The van der Waals surface area contributed by atoms with Crippen LogP contribution in [-0.2, 0) is 27.8 Å². The van der Waals surface area contributed by atoms with Gasteiger partial charge in [-0.3, -0.25) is 9.69 Å². The highest BCUT2D eigenvalue weighted by Crippen LogP contribution is 2.20. The smallest absolute Gasteiger partial charge is 0.307 e. The molecule has 144 valence electrons. The van der Waals surface area contributed by atoms with Gasteiger partial charge in [0.2, 0.25) is 10.0 Å². The second-order valence-corrected chi connectivity index (χ2v) is 8.90. The van der Waals surface area contributed by atoms with Crippen LogP contribution < -0.4 is 0 Å². The Hall–Kier alpha value is -1.93. The summed E-state index contributed by atoms with van der Waals surface area (Å²) >= 11 is 5.90. The fourth-order valence-electron chi connectivity index (χ4n) is 3.12. The number of carboxylic acid groups (broad SMARTS) is 1. The lowest BCUT2D eigenvalue weighted by Crippen LogP contribution is -2.48. The Balaban J connectivity index is 1.64. The standard InChI is InChI=1S/C19H21ClN2O4S/c20-17-6-4-15(5-7-17)14-21-8-10-22(11-9-21)27(25,26)18-3-1-2-16(12-18)13-19(23)24/h1-7,12H,8-11,13-14H2,(H,23,24). The third-order valence-electron chi connectivity index (χ3n) is 4.54. The van der Waals surface area contributed by atoms with Crippen molar-refractivity contribution in [1.29, 1.82) is 0 Å². The molecule has 0 atom stereocenters. The van der Waals surface area contributed by atoms with Gasteiger partial charge < -0.3 is 5.11 Å². The molecule has 1 saturated heterocycles. The number of hydrogen-bond acceptors (Lipinski definition) is 4. The molecule has 27 heavy (non-hydrogen) atoms. The van der Waals surface area contributed by atoms with Crippen LogP contribution in [-0.4, -0.2) is 54.9 Å². The largest absolute Gasteiger partial charge is 0.481 e. The molecule has 0 unspecified atom stereocenters. The zero-order chi connectivity index (χ0) is 19.4. The van der Waals surface area contributed by atoms with Crippen LogP contribution in [0, 0.1) is 0 Å². The highest BCUT2D eigenvalue weighted by atomic mass is 35.5. The molecule has 6 nitrogen and oxygen atoms in total. The number of carbonyl (C=O) groups is 1. The van der Waals surface area contributed by atoms with Crippen LogP contribution in [0.15, 0.2) is 53.4 Å². The Kier molecular flexibility index (Phi) is 6.16. The molecule has 0 spiro atoms. The van der Waals surface area contributed by atoms with E-state index in [0.717, 1.165) is 12.1 Å². The van der Waals surface area contributed by atoms with Gasteiger partial charge in [-0.25, -0.2) is 8.42 Å². The van der Waals surface area contributed by atoms with Crippen LogP contribution in [0.4, 0.5) is 0 Å². The molecule has 0 aromatic heterocycles. The highest BCUT2D eigenvalue weighted by Gasteiger charge is 2.28. The minimum absolute atomic E-state index is 0.146. The quantitative estimate of drug-likeness (QED) is 0.794. The first-order valence-corrected chi connectivity index (χ1v) is 10.4. The van der Waals surface area contributed by atoms with Crippen LogP contribution in [0.25, 0.3) is 0 Å². The van der Waals surface area contributed by atoms with Crippen LogP contribution >= 0.6 is 11.6 Å². The lowest BCUT2D eigenvalue weighted by molar-refractivity contribution is -0.136. The molecule has 0 bridgehead atoms. The van der Waals surface area contributed by atoms with E-state index < -0.39 is 16.0 Å². The van der Waals surface area contributed by atoms with Crippen molar-refractivity contribution in [3.8, 4) is 0 Å². The van der Waals surface area contributed by atoms with Gasteiger partial charge in [0.25, 0.3) is 0 Å². The van der Waals surface area contributed by atoms with Gasteiger partial charge in [-0.1, -0.05) is 35.9 Å². The lowest BCUT2D eigenvalue weighted by atomic mass is 10.2. The number of aliphatic carboxylic acids is 1. The number of benzene rings is 2. The number of rotatable bonds is 6. The summed E-state index contributed by atoms with van der Waals surface area (Å²) in [4.78, 5) is 13.2. The summed E-state index contributed by atoms with van der Waals surface area (Å²) in [5.41, 5.74) is 1.61. The summed E-state index contributed by atoms with van der Waals surface area (Å²) in [7, 11) is -3.63. The number of carboxylic acids is 1. The van der Waals surface area contributed by atoms with Crippen LogP contribution in [0.5, 0.6) is 0 Å². The second-order valence-electron chi connectivity index (χ2n) is 6.52. The van der Waals surface area contributed by atoms with Gasteiger partial charge in [-0.2, -0.15) is 4.31 Å². The topological polar surface area (TPSA) is 77.9 Å². The van der Waals surface area contributed by atoms with Crippen LogP contribution in [0.2, 0.25) is 5.02 Å². The van der Waals surface area contributed by atoms with Crippen molar-refractivity contribution in [3.05, 3.63) is 64.7 Å². The predicted molar refractivity (Wildman–Crippen MR) is 103 cm³/mol. The third kappa shape index (κ3) is 5.07. The lowest BCUT2D eigenvalue weighted by Gasteiger charge is -2.34. The van der Waals surface area contributed by atoms with Crippen LogP contribution in [0.1, 0.15) is 11.1 Å². The van der Waals surface area contributed by atoms with Gasteiger partial charge >= 0.3 is 5.97 Å². The van der Waals surface area contributed by atoms with E-state index in [4.69, 9.17) is 16.7 Å². The molecule has 0 amide bonds. The fraction of sp³-hybridized carbons (Fsp3) is 0.316. The molecule has 1 aliphatic heterocycles. The van der Waals surface area contributed by atoms with Crippen molar-refractivity contribution >= 4 is 27.6 Å². The minimum atomic E-state index is -3.63. The number of hydrogen-bond donors (Lipinski definition) is 1. The molecule has 0 saturated carbocycles. The molecule has 3 rings (SSSR count). The molecule has 1 aliphatic rings. The van der Waals surface area contributed by atoms with Gasteiger partial charge in [0, 0.05) is 37.7 Å². The first kappa shape index (κ1) is 19.8. The third-order valence-corrected chi connectivity index (χ3v) is 6.69. The van der Waals surface area contributed by atoms with E-state index in [1.54, 1.807) is 12.1 Å². The van der Waals surface area contributed by atoms with Gasteiger partial charge in [0.15, 0.2) is 0 Å². The molecule has 0 aliphatic carbocycles. The van der Waals surface area contributed by atoms with Crippen molar-refractivity contribution in [1.82, 2.24) is 9.21 Å².